The first-order valence-corrected chi connectivity index (χ1v) is 12.0. The van der Waals surface area contributed by atoms with Crippen LogP contribution in [0.3, 0.4) is 0 Å². The summed E-state index contributed by atoms with van der Waals surface area (Å²) in [6.45, 7) is -1.99. The van der Waals surface area contributed by atoms with Crippen LogP contribution in [0.25, 0.3) is 0 Å². The number of ether oxygens (including phenoxy) is 2. The van der Waals surface area contributed by atoms with Crippen LogP contribution in [0.15, 0.2) is 24.4 Å². The fraction of sp³-hybridized carbons (Fsp3) is 0.368. The number of rotatable bonds is 9. The minimum Gasteiger partial charge on any atom is -0.487 e. The van der Waals surface area contributed by atoms with E-state index in [2.05, 4.69) is 9.72 Å². The van der Waals surface area contributed by atoms with Crippen LogP contribution in [0, 0.1) is 5.82 Å². The molecule has 2 aromatic rings. The van der Waals surface area contributed by atoms with Gasteiger partial charge in [-0.1, -0.05) is 23.2 Å². The van der Waals surface area contributed by atoms with Crippen molar-refractivity contribution in [2.75, 3.05) is 19.7 Å². The Hall–Kier alpha value is -2.49. The van der Waals surface area contributed by atoms with Crippen molar-refractivity contribution in [3.8, 4) is 11.6 Å². The summed E-state index contributed by atoms with van der Waals surface area (Å²) < 4.78 is 114. The third-order valence-electron chi connectivity index (χ3n) is 4.74. The van der Waals surface area contributed by atoms with E-state index < -0.39 is 63.7 Å². The van der Waals surface area contributed by atoms with Gasteiger partial charge in [-0.2, -0.15) is 34.7 Å². The first-order chi connectivity index (χ1) is 16.6. The van der Waals surface area contributed by atoms with Crippen LogP contribution >= 0.6 is 23.2 Å². The molecule has 0 saturated carbocycles. The molecule has 0 radical (unpaired) electrons. The second kappa shape index (κ2) is 10.5. The SMILES string of the molecule is O=C(NS(=O)(=O)N1CCC1)c1cc(Cl)c(COc2cnc(OCC(F)(F)C(F)(F)F)c(Cl)c2)cc1F. The summed E-state index contributed by atoms with van der Waals surface area (Å²) in [6.07, 6.45) is -4.29. The van der Waals surface area contributed by atoms with Gasteiger partial charge in [-0.3, -0.25) is 4.79 Å². The number of hydrogen-bond donors (Lipinski definition) is 1. The smallest absolute Gasteiger partial charge is 0.456 e. The monoisotopic (exact) mass is 581 g/mol. The Balaban J connectivity index is 1.64. The summed E-state index contributed by atoms with van der Waals surface area (Å²) >= 11 is 11.8. The lowest BCUT2D eigenvalue weighted by Crippen LogP contribution is -2.49. The number of carbonyl (C=O) groups excluding carboxylic acids is 1. The minimum absolute atomic E-state index is 0.0255. The summed E-state index contributed by atoms with van der Waals surface area (Å²) in [6, 6.07) is 2.74. The predicted molar refractivity (Wildman–Crippen MR) is 114 cm³/mol. The zero-order valence-electron chi connectivity index (χ0n) is 17.7. The van der Waals surface area contributed by atoms with Crippen LogP contribution in [0.2, 0.25) is 10.0 Å². The van der Waals surface area contributed by atoms with E-state index in [1.165, 1.54) is 0 Å². The lowest BCUT2D eigenvalue weighted by atomic mass is 10.1. The van der Waals surface area contributed by atoms with Crippen molar-refractivity contribution in [1.82, 2.24) is 14.0 Å². The van der Waals surface area contributed by atoms with Crippen molar-refractivity contribution in [2.45, 2.75) is 25.1 Å². The van der Waals surface area contributed by atoms with Crippen molar-refractivity contribution in [3.63, 3.8) is 0 Å². The van der Waals surface area contributed by atoms with Crippen LogP contribution in [0.1, 0.15) is 22.3 Å². The molecule has 0 spiro atoms. The molecule has 3 rings (SSSR count). The quantitative estimate of drug-likeness (QED) is 0.442. The zero-order valence-corrected chi connectivity index (χ0v) is 20.0. The number of pyridine rings is 1. The van der Waals surface area contributed by atoms with Crippen LogP contribution in [-0.2, 0) is 16.8 Å². The van der Waals surface area contributed by atoms with Gasteiger partial charge in [0.1, 0.15) is 23.2 Å². The summed E-state index contributed by atoms with van der Waals surface area (Å²) in [5, 5.41) is -0.602. The predicted octanol–water partition coefficient (Wildman–Crippen LogP) is 4.36. The van der Waals surface area contributed by atoms with Crippen LogP contribution < -0.4 is 14.2 Å². The second-order valence-corrected chi connectivity index (χ2v) is 9.83. The van der Waals surface area contributed by atoms with E-state index in [1.54, 1.807) is 4.72 Å². The highest BCUT2D eigenvalue weighted by Crippen LogP contribution is 2.36. The topological polar surface area (TPSA) is 97.8 Å². The molecule has 36 heavy (non-hydrogen) atoms. The molecule has 8 nitrogen and oxygen atoms in total. The Morgan fingerprint density at radius 1 is 1.08 bits per heavy atom. The first kappa shape index (κ1) is 28.1. The van der Waals surface area contributed by atoms with Crippen LogP contribution in [0.4, 0.5) is 26.3 Å². The molecular weight excluding hydrogens is 567 g/mol. The van der Waals surface area contributed by atoms with E-state index in [0.717, 1.165) is 28.7 Å². The second-order valence-electron chi connectivity index (χ2n) is 7.35. The molecule has 1 fully saturated rings. The Morgan fingerprint density at radius 2 is 1.75 bits per heavy atom. The van der Waals surface area contributed by atoms with Gasteiger partial charge in [0.05, 0.1) is 11.8 Å². The highest BCUT2D eigenvalue weighted by Gasteiger charge is 2.58. The van der Waals surface area contributed by atoms with E-state index >= 15 is 0 Å². The standard InChI is InChI=1S/C19H15Cl2F6N3O5S/c20-13-6-12(16(31)29-36(32,33)30-2-1-3-30)15(22)4-10(13)8-34-11-5-14(21)17(28-7-11)35-9-18(23,24)19(25,26)27/h4-7H,1-3,8-9H2,(H,29,31). The van der Waals surface area contributed by atoms with Crippen LogP contribution in [0.5, 0.6) is 11.6 Å². The van der Waals surface area contributed by atoms with E-state index in [4.69, 9.17) is 27.9 Å². The number of alkyl halides is 5. The highest BCUT2D eigenvalue weighted by molar-refractivity contribution is 7.87. The lowest BCUT2D eigenvalue weighted by Gasteiger charge is -2.29. The number of nitrogens with one attached hydrogen (secondary N) is 1. The molecule has 1 saturated heterocycles. The largest absolute Gasteiger partial charge is 0.487 e. The fourth-order valence-corrected chi connectivity index (χ4v) is 4.27. The highest BCUT2D eigenvalue weighted by atomic mass is 35.5. The Morgan fingerprint density at radius 3 is 2.31 bits per heavy atom. The van der Waals surface area contributed by atoms with Gasteiger partial charge in [-0.25, -0.2) is 14.1 Å². The summed E-state index contributed by atoms with van der Waals surface area (Å²) in [4.78, 5) is 15.7. The molecule has 17 heteroatoms. The van der Waals surface area contributed by atoms with E-state index in [0.29, 0.717) is 6.42 Å². The number of carbonyl (C=O) groups is 1. The van der Waals surface area contributed by atoms with E-state index in [9.17, 15) is 39.6 Å². The van der Waals surface area contributed by atoms with Crippen LogP contribution in [-0.4, -0.2) is 55.4 Å². The van der Waals surface area contributed by atoms with Crippen molar-refractivity contribution >= 4 is 39.3 Å². The molecule has 0 aliphatic carbocycles. The molecule has 1 aromatic carbocycles. The Kier molecular flexibility index (Phi) is 8.17. The molecule has 1 aliphatic heterocycles. The number of halogens is 8. The average molecular weight is 582 g/mol. The molecule has 1 aromatic heterocycles. The third-order valence-corrected chi connectivity index (χ3v) is 6.85. The fourth-order valence-electron chi connectivity index (χ4n) is 2.63. The number of hydrogen-bond acceptors (Lipinski definition) is 6. The normalized spacial score (nSPS) is 14.8. The number of amides is 1. The summed E-state index contributed by atoms with van der Waals surface area (Å²) in [5.74, 6) is -8.26. The van der Waals surface area contributed by atoms with Gasteiger partial charge in [0, 0.05) is 29.7 Å². The first-order valence-electron chi connectivity index (χ1n) is 9.76. The summed E-state index contributed by atoms with van der Waals surface area (Å²) in [5.41, 5.74) is -0.604. The van der Waals surface area contributed by atoms with Gasteiger partial charge >= 0.3 is 22.3 Å². The minimum atomic E-state index is -5.82. The van der Waals surface area contributed by atoms with E-state index in [-0.39, 0.29) is 29.4 Å². The number of nitrogens with zero attached hydrogens (tertiary/aromatic N) is 2. The van der Waals surface area contributed by atoms with Gasteiger partial charge < -0.3 is 9.47 Å². The van der Waals surface area contributed by atoms with Crippen molar-refractivity contribution in [1.29, 1.82) is 0 Å². The molecule has 0 bridgehead atoms. The van der Waals surface area contributed by atoms with Gasteiger partial charge in [0.15, 0.2) is 6.61 Å². The maximum absolute atomic E-state index is 14.5. The maximum Gasteiger partial charge on any atom is 0.456 e. The molecule has 198 valence electrons. The molecular formula is C19H15Cl2F6N3O5S. The molecule has 0 unspecified atom stereocenters. The molecule has 0 atom stereocenters. The Labute approximate surface area is 210 Å². The summed E-state index contributed by atoms with van der Waals surface area (Å²) in [7, 11) is -4.11. The van der Waals surface area contributed by atoms with Gasteiger partial charge in [0.25, 0.3) is 5.91 Å². The van der Waals surface area contributed by atoms with Crippen molar-refractivity contribution < 1.29 is 49.0 Å². The molecule has 1 N–H and O–H groups in total. The zero-order chi connectivity index (χ0) is 26.9. The van der Waals surface area contributed by atoms with Gasteiger partial charge in [0.2, 0.25) is 5.88 Å². The van der Waals surface area contributed by atoms with Gasteiger partial charge in [-0.15, -0.1) is 0 Å². The lowest BCUT2D eigenvalue weighted by molar-refractivity contribution is -0.290. The number of benzene rings is 1. The van der Waals surface area contributed by atoms with Crippen molar-refractivity contribution in [2.24, 2.45) is 0 Å². The number of aromatic nitrogens is 1. The average Bonchev–Trinajstić information content (AvgIpc) is 2.70. The molecule has 2 heterocycles. The third kappa shape index (κ3) is 6.44. The Bertz CT molecular complexity index is 1260. The molecule has 1 amide bonds. The van der Waals surface area contributed by atoms with E-state index in [1.807, 2.05) is 0 Å². The van der Waals surface area contributed by atoms with Gasteiger partial charge in [-0.05, 0) is 18.6 Å². The maximum atomic E-state index is 14.5. The molecule has 1 aliphatic rings. The van der Waals surface area contributed by atoms with Crippen molar-refractivity contribution in [3.05, 3.63) is 51.4 Å².